The van der Waals surface area contributed by atoms with Crippen LogP contribution >= 0.6 is 11.6 Å². The monoisotopic (exact) mass is 319 g/mol. The number of carbonyl (C=O) groups excluding carboxylic acids is 2. The fourth-order valence-corrected chi connectivity index (χ4v) is 1.92. The van der Waals surface area contributed by atoms with E-state index in [9.17, 15) is 9.59 Å². The molecule has 0 fully saturated rings. The maximum atomic E-state index is 12.1. The second-order valence-electron chi connectivity index (χ2n) is 4.24. The summed E-state index contributed by atoms with van der Waals surface area (Å²) in [6.45, 7) is 1.98. The van der Waals surface area contributed by atoms with Crippen molar-refractivity contribution in [1.29, 1.82) is 0 Å². The summed E-state index contributed by atoms with van der Waals surface area (Å²) < 4.78 is 10.0. The molecule has 0 atom stereocenters. The Morgan fingerprint density at radius 3 is 2.64 bits per heavy atom. The van der Waals surface area contributed by atoms with Crippen molar-refractivity contribution >= 4 is 29.4 Å². The lowest BCUT2D eigenvalue weighted by Gasteiger charge is -2.08. The Balaban J connectivity index is 2.09. The van der Waals surface area contributed by atoms with Gasteiger partial charge in [0.05, 0.1) is 17.2 Å². The highest BCUT2D eigenvalue weighted by molar-refractivity contribution is 6.33. The molecule has 22 heavy (non-hydrogen) atoms. The molecule has 0 saturated carbocycles. The van der Waals surface area contributed by atoms with Gasteiger partial charge in [0, 0.05) is 11.8 Å². The SMILES string of the molecule is CCOC(=O)Nc1cccc(OC(=O)c2ccccc2Cl)c1. The van der Waals surface area contributed by atoms with E-state index in [0.29, 0.717) is 16.5 Å². The molecular weight excluding hydrogens is 306 g/mol. The highest BCUT2D eigenvalue weighted by Crippen LogP contribution is 2.21. The van der Waals surface area contributed by atoms with Gasteiger partial charge in [-0.05, 0) is 31.2 Å². The maximum absolute atomic E-state index is 12.1. The quantitative estimate of drug-likeness (QED) is 0.680. The number of ether oxygens (including phenoxy) is 2. The van der Waals surface area contributed by atoms with Gasteiger partial charge in [-0.15, -0.1) is 0 Å². The molecule has 0 aliphatic carbocycles. The van der Waals surface area contributed by atoms with Crippen LogP contribution in [0.4, 0.5) is 10.5 Å². The Hall–Kier alpha value is -2.53. The number of anilines is 1. The molecule has 0 heterocycles. The van der Waals surface area contributed by atoms with Crippen LogP contribution in [0.25, 0.3) is 0 Å². The van der Waals surface area contributed by atoms with Crippen molar-refractivity contribution in [2.75, 3.05) is 11.9 Å². The third-order valence-electron chi connectivity index (χ3n) is 2.66. The van der Waals surface area contributed by atoms with E-state index in [1.54, 1.807) is 49.4 Å². The number of amides is 1. The summed E-state index contributed by atoms with van der Waals surface area (Å²) in [4.78, 5) is 23.4. The fourth-order valence-electron chi connectivity index (χ4n) is 1.71. The Bertz CT molecular complexity index is 687. The number of halogens is 1. The number of carbonyl (C=O) groups is 2. The van der Waals surface area contributed by atoms with Gasteiger partial charge < -0.3 is 9.47 Å². The van der Waals surface area contributed by atoms with Crippen LogP contribution in [0.3, 0.4) is 0 Å². The highest BCUT2D eigenvalue weighted by atomic mass is 35.5. The number of hydrogen-bond acceptors (Lipinski definition) is 4. The van der Waals surface area contributed by atoms with Crippen molar-refractivity contribution in [3.8, 4) is 5.75 Å². The molecule has 0 radical (unpaired) electrons. The third kappa shape index (κ3) is 4.23. The van der Waals surface area contributed by atoms with Crippen LogP contribution in [-0.4, -0.2) is 18.7 Å². The van der Waals surface area contributed by atoms with Crippen LogP contribution in [0.15, 0.2) is 48.5 Å². The first-order valence-electron chi connectivity index (χ1n) is 6.60. The first-order valence-corrected chi connectivity index (χ1v) is 6.98. The lowest BCUT2D eigenvalue weighted by Crippen LogP contribution is -2.13. The first-order chi connectivity index (χ1) is 10.6. The van der Waals surface area contributed by atoms with E-state index in [4.69, 9.17) is 21.1 Å². The largest absolute Gasteiger partial charge is 0.450 e. The molecule has 0 aliphatic heterocycles. The molecule has 0 bridgehead atoms. The molecule has 0 saturated heterocycles. The van der Waals surface area contributed by atoms with Gasteiger partial charge in [0.1, 0.15) is 5.75 Å². The maximum Gasteiger partial charge on any atom is 0.411 e. The molecule has 2 rings (SSSR count). The van der Waals surface area contributed by atoms with E-state index in [0.717, 1.165) is 0 Å². The molecular formula is C16H14ClNO4. The molecule has 2 aromatic carbocycles. The summed E-state index contributed by atoms with van der Waals surface area (Å²) in [6, 6.07) is 13.0. The summed E-state index contributed by atoms with van der Waals surface area (Å²) in [6.07, 6.45) is -0.572. The summed E-state index contributed by atoms with van der Waals surface area (Å²) in [5.74, 6) is -0.280. The molecule has 5 nitrogen and oxygen atoms in total. The minimum Gasteiger partial charge on any atom is -0.450 e. The number of benzene rings is 2. The summed E-state index contributed by atoms with van der Waals surface area (Å²) in [5, 5.41) is 2.84. The lowest BCUT2D eigenvalue weighted by molar-refractivity contribution is 0.0735. The van der Waals surface area contributed by atoms with Gasteiger partial charge in [0.25, 0.3) is 0 Å². The molecule has 1 amide bonds. The zero-order chi connectivity index (χ0) is 15.9. The molecule has 0 unspecified atom stereocenters. The molecule has 2 aromatic rings. The lowest BCUT2D eigenvalue weighted by atomic mass is 10.2. The van der Waals surface area contributed by atoms with Gasteiger partial charge in [-0.1, -0.05) is 29.8 Å². The smallest absolute Gasteiger partial charge is 0.411 e. The number of rotatable bonds is 4. The van der Waals surface area contributed by atoms with Gasteiger partial charge in [-0.3, -0.25) is 5.32 Å². The predicted octanol–water partition coefficient (Wildman–Crippen LogP) is 4.13. The first kappa shape index (κ1) is 15.9. The molecule has 114 valence electrons. The van der Waals surface area contributed by atoms with E-state index in [1.807, 2.05) is 0 Å². The normalized spacial score (nSPS) is 9.91. The van der Waals surface area contributed by atoms with E-state index < -0.39 is 12.1 Å². The number of esters is 1. The van der Waals surface area contributed by atoms with Crippen LogP contribution < -0.4 is 10.1 Å². The Morgan fingerprint density at radius 1 is 1.14 bits per heavy atom. The Labute approximate surface area is 132 Å². The van der Waals surface area contributed by atoms with Crippen LogP contribution in [0, 0.1) is 0 Å². The van der Waals surface area contributed by atoms with Crippen molar-refractivity contribution in [2.24, 2.45) is 0 Å². The second-order valence-corrected chi connectivity index (χ2v) is 4.65. The van der Waals surface area contributed by atoms with Crippen LogP contribution in [0.2, 0.25) is 5.02 Å². The van der Waals surface area contributed by atoms with Gasteiger partial charge in [0.2, 0.25) is 0 Å². The Morgan fingerprint density at radius 2 is 1.91 bits per heavy atom. The third-order valence-corrected chi connectivity index (χ3v) is 2.99. The van der Waals surface area contributed by atoms with Crippen molar-refractivity contribution in [2.45, 2.75) is 6.92 Å². The summed E-state index contributed by atoms with van der Waals surface area (Å²) in [7, 11) is 0. The minimum absolute atomic E-state index is 0.271. The van der Waals surface area contributed by atoms with Gasteiger partial charge >= 0.3 is 12.1 Å². The zero-order valence-corrected chi connectivity index (χ0v) is 12.6. The van der Waals surface area contributed by atoms with Gasteiger partial charge in [-0.25, -0.2) is 9.59 Å². The predicted molar refractivity (Wildman–Crippen MR) is 83.5 cm³/mol. The summed E-state index contributed by atoms with van der Waals surface area (Å²) in [5.41, 5.74) is 0.732. The minimum atomic E-state index is -0.572. The van der Waals surface area contributed by atoms with Crippen molar-refractivity contribution in [3.63, 3.8) is 0 Å². The van der Waals surface area contributed by atoms with E-state index >= 15 is 0 Å². The van der Waals surface area contributed by atoms with Crippen molar-refractivity contribution < 1.29 is 19.1 Å². The van der Waals surface area contributed by atoms with Crippen molar-refractivity contribution in [1.82, 2.24) is 0 Å². The molecule has 0 aliphatic rings. The van der Waals surface area contributed by atoms with Crippen LogP contribution in [0.1, 0.15) is 17.3 Å². The Kier molecular flexibility index (Phi) is 5.38. The molecule has 6 heteroatoms. The van der Waals surface area contributed by atoms with E-state index in [2.05, 4.69) is 5.32 Å². The summed E-state index contributed by atoms with van der Waals surface area (Å²) >= 11 is 5.95. The number of nitrogens with one attached hydrogen (secondary N) is 1. The standard InChI is InChI=1S/C16H14ClNO4/c1-2-21-16(20)18-11-6-5-7-12(10-11)22-15(19)13-8-3-4-9-14(13)17/h3-10H,2H2,1H3,(H,18,20). The fraction of sp³-hybridized carbons (Fsp3) is 0.125. The highest BCUT2D eigenvalue weighted by Gasteiger charge is 2.12. The topological polar surface area (TPSA) is 64.6 Å². The molecule has 0 aromatic heterocycles. The van der Waals surface area contributed by atoms with Crippen LogP contribution in [0.5, 0.6) is 5.75 Å². The van der Waals surface area contributed by atoms with E-state index in [-0.39, 0.29) is 12.2 Å². The van der Waals surface area contributed by atoms with Crippen molar-refractivity contribution in [3.05, 3.63) is 59.1 Å². The molecule has 0 spiro atoms. The molecule has 1 N–H and O–H groups in total. The second kappa shape index (κ2) is 7.47. The van der Waals surface area contributed by atoms with Crippen LogP contribution in [-0.2, 0) is 4.74 Å². The number of hydrogen-bond donors (Lipinski definition) is 1. The van der Waals surface area contributed by atoms with Gasteiger partial charge in [-0.2, -0.15) is 0 Å². The average molecular weight is 320 g/mol. The average Bonchev–Trinajstić information content (AvgIpc) is 2.48. The zero-order valence-electron chi connectivity index (χ0n) is 11.8. The van der Waals surface area contributed by atoms with E-state index in [1.165, 1.54) is 6.07 Å². The van der Waals surface area contributed by atoms with Gasteiger partial charge in [0.15, 0.2) is 0 Å².